The number of hydrogen-bond acceptors (Lipinski definition) is 4. The van der Waals surface area contributed by atoms with E-state index in [2.05, 4.69) is 15.5 Å². The first kappa shape index (κ1) is 14.3. The molecule has 0 unspecified atom stereocenters. The van der Waals surface area contributed by atoms with Crippen LogP contribution in [-0.4, -0.2) is 21.3 Å². The van der Waals surface area contributed by atoms with Crippen LogP contribution < -0.4 is 11.0 Å². The lowest BCUT2D eigenvalue weighted by atomic mass is 10.2. The number of aromatic amines is 1. The van der Waals surface area contributed by atoms with Crippen LogP contribution in [0.5, 0.6) is 0 Å². The van der Waals surface area contributed by atoms with E-state index in [-0.39, 0.29) is 17.5 Å². The Morgan fingerprint density at radius 3 is 3.00 bits per heavy atom. The maximum absolute atomic E-state index is 14.1. The predicted molar refractivity (Wildman–Crippen MR) is 79.0 cm³/mol. The Labute approximate surface area is 125 Å². The molecule has 0 radical (unpaired) electrons. The number of rotatable bonds is 6. The Balaban J connectivity index is 1.80. The zero-order valence-electron chi connectivity index (χ0n) is 11.7. The van der Waals surface area contributed by atoms with E-state index in [4.69, 9.17) is 0 Å². The van der Waals surface area contributed by atoms with Gasteiger partial charge in [-0.15, -0.1) is 5.10 Å². The van der Waals surface area contributed by atoms with Crippen LogP contribution in [0.2, 0.25) is 0 Å². The molecule has 2 N–H and O–H groups in total. The summed E-state index contributed by atoms with van der Waals surface area (Å²) in [6.07, 6.45) is 1.97. The van der Waals surface area contributed by atoms with Crippen molar-refractivity contribution in [1.29, 1.82) is 0 Å². The van der Waals surface area contributed by atoms with Gasteiger partial charge in [0.2, 0.25) is 0 Å². The quantitative estimate of drug-likeness (QED) is 0.859. The van der Waals surface area contributed by atoms with Gasteiger partial charge >= 0.3 is 5.69 Å². The minimum atomic E-state index is -0.284. The third-order valence-electron chi connectivity index (χ3n) is 3.36. The van der Waals surface area contributed by atoms with Gasteiger partial charge in [-0.2, -0.15) is 0 Å². The van der Waals surface area contributed by atoms with E-state index < -0.39 is 0 Å². The molecule has 0 amide bonds. The van der Waals surface area contributed by atoms with Crippen molar-refractivity contribution in [3.8, 4) is 0 Å². The Morgan fingerprint density at radius 2 is 2.33 bits per heavy atom. The highest BCUT2D eigenvalue weighted by Crippen LogP contribution is 2.38. The predicted octanol–water partition coefficient (Wildman–Crippen LogP) is 2.31. The molecule has 1 heterocycles. The van der Waals surface area contributed by atoms with Gasteiger partial charge in [0.15, 0.2) is 5.16 Å². The van der Waals surface area contributed by atoms with E-state index in [0.717, 1.165) is 24.9 Å². The fraction of sp³-hybridized carbons (Fsp3) is 0.429. The van der Waals surface area contributed by atoms with Crippen LogP contribution >= 0.6 is 11.8 Å². The summed E-state index contributed by atoms with van der Waals surface area (Å²) in [5, 5.41) is 10.1. The molecule has 112 valence electrons. The van der Waals surface area contributed by atoms with Crippen LogP contribution in [0.25, 0.3) is 0 Å². The molecule has 3 rings (SSSR count). The van der Waals surface area contributed by atoms with E-state index in [1.165, 1.54) is 17.8 Å². The number of aromatic nitrogens is 3. The summed E-state index contributed by atoms with van der Waals surface area (Å²) < 4.78 is 15.8. The molecule has 0 saturated heterocycles. The molecule has 1 fully saturated rings. The van der Waals surface area contributed by atoms with Gasteiger partial charge in [0.05, 0.1) is 4.90 Å². The van der Waals surface area contributed by atoms with E-state index in [9.17, 15) is 9.18 Å². The Kier molecular flexibility index (Phi) is 4.12. The second-order valence-corrected chi connectivity index (χ2v) is 6.07. The van der Waals surface area contributed by atoms with Crippen molar-refractivity contribution in [2.45, 2.75) is 42.4 Å². The minimum Gasteiger partial charge on any atom is -0.313 e. The molecule has 21 heavy (non-hydrogen) atoms. The highest BCUT2D eigenvalue weighted by atomic mass is 32.2. The minimum absolute atomic E-state index is 0.217. The molecule has 1 aliphatic rings. The molecule has 0 atom stereocenters. The van der Waals surface area contributed by atoms with Gasteiger partial charge in [-0.3, -0.25) is 4.57 Å². The van der Waals surface area contributed by atoms with Gasteiger partial charge in [0.1, 0.15) is 5.82 Å². The Bertz CT molecular complexity index is 693. The highest BCUT2D eigenvalue weighted by Gasteiger charge is 2.29. The van der Waals surface area contributed by atoms with Crippen molar-refractivity contribution in [2.24, 2.45) is 0 Å². The lowest BCUT2D eigenvalue weighted by Gasteiger charge is -2.07. The van der Waals surface area contributed by atoms with Crippen LogP contribution in [0.15, 0.2) is 33.0 Å². The summed E-state index contributed by atoms with van der Waals surface area (Å²) in [7, 11) is 0. The largest absolute Gasteiger partial charge is 0.344 e. The second-order valence-electron chi connectivity index (χ2n) is 5.06. The number of hydrogen-bond donors (Lipinski definition) is 2. The highest BCUT2D eigenvalue weighted by molar-refractivity contribution is 7.99. The number of halogens is 1. The first-order valence-corrected chi connectivity index (χ1v) is 7.84. The average molecular weight is 308 g/mol. The standard InChI is InChI=1S/C14H17FN4OS/c1-2-16-8-9-3-6-12(11(15)7-9)21-14-18-17-13(20)19(14)10-4-5-10/h3,6-7,10,16H,2,4-5,8H2,1H3,(H,17,20). The van der Waals surface area contributed by atoms with Crippen molar-refractivity contribution in [2.75, 3.05) is 6.54 Å². The summed E-state index contributed by atoms with van der Waals surface area (Å²) >= 11 is 1.19. The molecule has 0 bridgehead atoms. The summed E-state index contributed by atoms with van der Waals surface area (Å²) in [4.78, 5) is 12.2. The second kappa shape index (κ2) is 6.03. The molecule has 5 nitrogen and oxygen atoms in total. The number of benzene rings is 1. The number of nitrogens with one attached hydrogen (secondary N) is 2. The molecule has 1 aromatic heterocycles. The first-order chi connectivity index (χ1) is 10.2. The first-order valence-electron chi connectivity index (χ1n) is 7.03. The molecular weight excluding hydrogens is 291 g/mol. The van der Waals surface area contributed by atoms with Crippen molar-refractivity contribution >= 4 is 11.8 Å². The molecular formula is C14H17FN4OS. The smallest absolute Gasteiger partial charge is 0.313 e. The van der Waals surface area contributed by atoms with Gasteiger partial charge in [-0.25, -0.2) is 14.3 Å². The summed E-state index contributed by atoms with van der Waals surface area (Å²) in [5.74, 6) is -0.284. The average Bonchev–Trinajstić information content (AvgIpc) is 3.24. The SMILES string of the molecule is CCNCc1ccc(Sc2n[nH]c(=O)n2C2CC2)c(F)c1. The molecule has 1 saturated carbocycles. The van der Waals surface area contributed by atoms with Crippen molar-refractivity contribution in [1.82, 2.24) is 20.1 Å². The van der Waals surface area contributed by atoms with Gasteiger partial charge < -0.3 is 5.32 Å². The van der Waals surface area contributed by atoms with Crippen molar-refractivity contribution < 1.29 is 4.39 Å². The molecule has 1 aromatic carbocycles. The third kappa shape index (κ3) is 3.19. The zero-order valence-corrected chi connectivity index (χ0v) is 12.5. The van der Waals surface area contributed by atoms with Crippen molar-refractivity contribution in [3.05, 3.63) is 40.1 Å². The van der Waals surface area contributed by atoms with Crippen LogP contribution in [0, 0.1) is 5.82 Å². The van der Waals surface area contributed by atoms with Gasteiger partial charge in [0.25, 0.3) is 0 Å². The number of H-pyrrole nitrogens is 1. The fourth-order valence-corrected chi connectivity index (χ4v) is 3.03. The molecule has 0 aliphatic heterocycles. The van der Waals surface area contributed by atoms with Crippen LogP contribution in [-0.2, 0) is 6.54 Å². The van der Waals surface area contributed by atoms with Crippen molar-refractivity contribution in [3.63, 3.8) is 0 Å². The summed E-state index contributed by atoms with van der Waals surface area (Å²) in [5.41, 5.74) is 0.685. The Morgan fingerprint density at radius 1 is 1.52 bits per heavy atom. The van der Waals surface area contributed by atoms with Gasteiger partial charge in [0, 0.05) is 12.6 Å². The lowest BCUT2D eigenvalue weighted by molar-refractivity contribution is 0.594. The van der Waals surface area contributed by atoms with Gasteiger partial charge in [-0.1, -0.05) is 13.0 Å². The molecule has 0 spiro atoms. The van der Waals surface area contributed by atoms with Gasteiger partial charge in [-0.05, 0) is 48.8 Å². The normalized spacial score (nSPS) is 14.6. The monoisotopic (exact) mass is 308 g/mol. The fourth-order valence-electron chi connectivity index (χ4n) is 2.12. The lowest BCUT2D eigenvalue weighted by Crippen LogP contribution is -2.16. The maximum atomic E-state index is 14.1. The maximum Gasteiger partial charge on any atom is 0.344 e. The van der Waals surface area contributed by atoms with E-state index in [1.807, 2.05) is 13.0 Å². The molecule has 2 aromatic rings. The molecule has 1 aliphatic carbocycles. The van der Waals surface area contributed by atoms with Crippen LogP contribution in [0.1, 0.15) is 31.4 Å². The number of nitrogens with zero attached hydrogens (tertiary/aromatic N) is 2. The summed E-state index contributed by atoms with van der Waals surface area (Å²) in [6, 6.07) is 5.37. The van der Waals surface area contributed by atoms with Crippen LogP contribution in [0.4, 0.5) is 4.39 Å². The third-order valence-corrected chi connectivity index (χ3v) is 4.38. The van der Waals surface area contributed by atoms with Crippen LogP contribution in [0.3, 0.4) is 0 Å². The Hall–Kier alpha value is -1.60. The molecule has 7 heteroatoms. The van der Waals surface area contributed by atoms with E-state index in [1.54, 1.807) is 10.6 Å². The topological polar surface area (TPSA) is 62.7 Å². The zero-order chi connectivity index (χ0) is 14.8. The summed E-state index contributed by atoms with van der Waals surface area (Å²) in [6.45, 7) is 3.50. The van der Waals surface area contributed by atoms with E-state index >= 15 is 0 Å². The van der Waals surface area contributed by atoms with E-state index in [0.29, 0.717) is 16.6 Å².